The molecule has 1 aromatic heterocycles. The number of hydrogen-bond donors (Lipinski definition) is 0. The van der Waals surface area contributed by atoms with Crippen LogP contribution in [0.4, 0.5) is 0 Å². The first-order valence-electron chi connectivity index (χ1n) is 8.25. The minimum atomic E-state index is -0.281. The Morgan fingerprint density at radius 3 is 2.46 bits per heavy atom. The van der Waals surface area contributed by atoms with Gasteiger partial charge in [0, 0.05) is 11.3 Å². The normalized spacial score (nSPS) is 11.0. The molecule has 1 heterocycles. The van der Waals surface area contributed by atoms with Crippen LogP contribution in [0.15, 0.2) is 78.0 Å². The fraction of sp³-hybridized carbons (Fsp3) is 0.150. The monoisotopic (exact) mass is 365 g/mol. The van der Waals surface area contributed by atoms with Gasteiger partial charge in [-0.1, -0.05) is 72.4 Å². The summed E-state index contributed by atoms with van der Waals surface area (Å²) >= 11 is 1.31. The van der Waals surface area contributed by atoms with Gasteiger partial charge in [-0.25, -0.2) is 0 Å². The van der Waals surface area contributed by atoms with Crippen molar-refractivity contribution in [3.8, 4) is 17.1 Å². The largest absolute Gasteiger partial charge is 0.461 e. The van der Waals surface area contributed by atoms with Crippen molar-refractivity contribution in [2.75, 3.05) is 12.4 Å². The third-order valence-corrected chi connectivity index (χ3v) is 4.48. The SMILES string of the molecule is C/C=C/COC(=O)CSc1nnc(-c2ccccc2)n1-c1ccccc1. The number of allylic oxidation sites excluding steroid dienone is 1. The molecule has 0 radical (unpaired) electrons. The van der Waals surface area contributed by atoms with E-state index in [1.54, 1.807) is 6.08 Å². The number of aromatic nitrogens is 3. The summed E-state index contributed by atoms with van der Waals surface area (Å²) < 4.78 is 7.09. The number of nitrogens with zero attached hydrogens (tertiary/aromatic N) is 3. The molecule has 0 fully saturated rings. The van der Waals surface area contributed by atoms with Gasteiger partial charge in [0.05, 0.1) is 5.75 Å². The summed E-state index contributed by atoms with van der Waals surface area (Å²) in [6.07, 6.45) is 3.64. The summed E-state index contributed by atoms with van der Waals surface area (Å²) in [5.41, 5.74) is 1.91. The molecule has 0 N–H and O–H groups in total. The Morgan fingerprint density at radius 2 is 1.77 bits per heavy atom. The van der Waals surface area contributed by atoms with E-state index in [0.717, 1.165) is 17.1 Å². The predicted molar refractivity (Wildman–Crippen MR) is 103 cm³/mol. The average molecular weight is 365 g/mol. The fourth-order valence-electron chi connectivity index (χ4n) is 2.35. The Kier molecular flexibility index (Phi) is 6.22. The number of benzene rings is 2. The Hall–Kier alpha value is -2.86. The number of carbonyl (C=O) groups is 1. The van der Waals surface area contributed by atoms with E-state index in [9.17, 15) is 4.79 Å². The minimum Gasteiger partial charge on any atom is -0.461 e. The maximum atomic E-state index is 11.9. The molecule has 6 heteroatoms. The van der Waals surface area contributed by atoms with Crippen LogP contribution in [0.3, 0.4) is 0 Å². The van der Waals surface area contributed by atoms with E-state index in [1.807, 2.05) is 78.2 Å². The van der Waals surface area contributed by atoms with Crippen LogP contribution in [0.25, 0.3) is 17.1 Å². The van der Waals surface area contributed by atoms with Crippen molar-refractivity contribution in [2.24, 2.45) is 0 Å². The second-order valence-electron chi connectivity index (χ2n) is 5.38. The van der Waals surface area contributed by atoms with Gasteiger partial charge in [-0.3, -0.25) is 9.36 Å². The lowest BCUT2D eigenvalue weighted by Gasteiger charge is -2.10. The quantitative estimate of drug-likeness (QED) is 0.358. The molecule has 0 spiro atoms. The Bertz CT molecular complexity index is 877. The molecule has 0 aliphatic heterocycles. The fourth-order valence-corrected chi connectivity index (χ4v) is 3.10. The van der Waals surface area contributed by atoms with Gasteiger partial charge in [0.15, 0.2) is 11.0 Å². The van der Waals surface area contributed by atoms with Crippen LogP contribution < -0.4 is 0 Å². The van der Waals surface area contributed by atoms with Crippen molar-refractivity contribution < 1.29 is 9.53 Å². The second kappa shape index (κ2) is 9.01. The summed E-state index contributed by atoms with van der Waals surface area (Å²) in [5.74, 6) is 0.635. The molecule has 0 atom stereocenters. The second-order valence-corrected chi connectivity index (χ2v) is 6.33. The van der Waals surface area contributed by atoms with Gasteiger partial charge in [0.25, 0.3) is 0 Å². The zero-order valence-electron chi connectivity index (χ0n) is 14.4. The number of ether oxygens (including phenoxy) is 1. The van der Waals surface area contributed by atoms with E-state index in [2.05, 4.69) is 10.2 Å². The molecule has 0 aliphatic carbocycles. The van der Waals surface area contributed by atoms with Crippen molar-refractivity contribution in [3.63, 3.8) is 0 Å². The summed E-state index contributed by atoms with van der Waals surface area (Å²) in [6.45, 7) is 2.17. The highest BCUT2D eigenvalue weighted by Crippen LogP contribution is 2.27. The maximum Gasteiger partial charge on any atom is 0.316 e. The molecule has 26 heavy (non-hydrogen) atoms. The van der Waals surface area contributed by atoms with E-state index in [0.29, 0.717) is 5.16 Å². The lowest BCUT2D eigenvalue weighted by molar-refractivity contribution is -0.139. The molecule has 2 aromatic carbocycles. The number of para-hydroxylation sites is 1. The zero-order valence-corrected chi connectivity index (χ0v) is 15.2. The number of rotatable bonds is 7. The van der Waals surface area contributed by atoms with Crippen LogP contribution in [0.1, 0.15) is 6.92 Å². The lowest BCUT2D eigenvalue weighted by Crippen LogP contribution is -2.08. The van der Waals surface area contributed by atoms with Gasteiger partial charge in [-0.15, -0.1) is 10.2 Å². The average Bonchev–Trinajstić information content (AvgIpc) is 3.12. The Balaban J connectivity index is 1.86. The topological polar surface area (TPSA) is 57.0 Å². The molecular weight excluding hydrogens is 346 g/mol. The van der Waals surface area contributed by atoms with Crippen molar-refractivity contribution in [1.29, 1.82) is 0 Å². The van der Waals surface area contributed by atoms with Crippen LogP contribution >= 0.6 is 11.8 Å². The molecule has 0 amide bonds. The molecule has 3 aromatic rings. The highest BCUT2D eigenvalue weighted by atomic mass is 32.2. The highest BCUT2D eigenvalue weighted by molar-refractivity contribution is 7.99. The maximum absolute atomic E-state index is 11.9. The highest BCUT2D eigenvalue weighted by Gasteiger charge is 2.17. The van der Waals surface area contributed by atoms with E-state index >= 15 is 0 Å². The molecule has 5 nitrogen and oxygen atoms in total. The zero-order chi connectivity index (χ0) is 18.2. The number of thioether (sulfide) groups is 1. The van der Waals surface area contributed by atoms with Crippen LogP contribution in [-0.4, -0.2) is 33.1 Å². The first-order chi connectivity index (χ1) is 12.8. The van der Waals surface area contributed by atoms with Crippen LogP contribution in [-0.2, 0) is 9.53 Å². The Morgan fingerprint density at radius 1 is 1.08 bits per heavy atom. The molecule has 0 unspecified atom stereocenters. The predicted octanol–water partition coefficient (Wildman–Crippen LogP) is 4.15. The third-order valence-electron chi connectivity index (χ3n) is 3.58. The van der Waals surface area contributed by atoms with Gasteiger partial charge >= 0.3 is 5.97 Å². The van der Waals surface area contributed by atoms with E-state index in [-0.39, 0.29) is 18.3 Å². The molecule has 0 bridgehead atoms. The standard InChI is InChI=1S/C20H19N3O2S/c1-2-3-14-25-18(24)15-26-20-22-21-19(16-10-6-4-7-11-16)23(20)17-12-8-5-9-13-17/h2-13H,14-15H2,1H3/b3-2+. The first kappa shape index (κ1) is 17.9. The summed E-state index contributed by atoms with van der Waals surface area (Å²) in [6, 6.07) is 19.7. The van der Waals surface area contributed by atoms with Crippen LogP contribution in [0, 0.1) is 0 Å². The molecule has 3 rings (SSSR count). The summed E-state index contributed by atoms with van der Waals surface area (Å²) in [7, 11) is 0. The molecule has 0 aliphatic rings. The van der Waals surface area contributed by atoms with Crippen LogP contribution in [0.5, 0.6) is 0 Å². The molecule has 132 valence electrons. The number of esters is 1. The summed E-state index contributed by atoms with van der Waals surface area (Å²) in [5, 5.41) is 9.29. The first-order valence-corrected chi connectivity index (χ1v) is 9.24. The molecule has 0 saturated heterocycles. The van der Waals surface area contributed by atoms with Crippen molar-refractivity contribution in [2.45, 2.75) is 12.1 Å². The Labute approximate surface area is 156 Å². The van der Waals surface area contributed by atoms with Gasteiger partial charge in [0.2, 0.25) is 0 Å². The summed E-state index contributed by atoms with van der Waals surface area (Å²) in [4.78, 5) is 11.9. The van der Waals surface area contributed by atoms with Gasteiger partial charge in [-0.2, -0.15) is 0 Å². The molecular formula is C20H19N3O2S. The number of hydrogen-bond acceptors (Lipinski definition) is 5. The van der Waals surface area contributed by atoms with Crippen molar-refractivity contribution in [3.05, 3.63) is 72.8 Å². The van der Waals surface area contributed by atoms with E-state index in [1.165, 1.54) is 11.8 Å². The number of carbonyl (C=O) groups excluding carboxylic acids is 1. The van der Waals surface area contributed by atoms with Gasteiger partial charge in [0.1, 0.15) is 6.61 Å². The van der Waals surface area contributed by atoms with Gasteiger partial charge < -0.3 is 4.74 Å². The molecule has 0 saturated carbocycles. The third kappa shape index (κ3) is 4.40. The van der Waals surface area contributed by atoms with Crippen molar-refractivity contribution in [1.82, 2.24) is 14.8 Å². The van der Waals surface area contributed by atoms with E-state index in [4.69, 9.17) is 4.74 Å². The smallest absolute Gasteiger partial charge is 0.316 e. The van der Waals surface area contributed by atoms with Crippen molar-refractivity contribution >= 4 is 17.7 Å². The minimum absolute atomic E-state index is 0.178. The van der Waals surface area contributed by atoms with Gasteiger partial charge in [-0.05, 0) is 19.1 Å². The van der Waals surface area contributed by atoms with Crippen LogP contribution in [0.2, 0.25) is 0 Å². The lowest BCUT2D eigenvalue weighted by atomic mass is 10.2. The van der Waals surface area contributed by atoms with E-state index < -0.39 is 0 Å².